The van der Waals surface area contributed by atoms with E-state index in [2.05, 4.69) is 5.32 Å². The number of nitrogens with one attached hydrogen (secondary N) is 2. The number of nitrogens with two attached hydrogens (primary N) is 1. The van der Waals surface area contributed by atoms with Gasteiger partial charge in [-0.25, -0.2) is 0 Å². The van der Waals surface area contributed by atoms with Gasteiger partial charge in [0.2, 0.25) is 0 Å². The highest BCUT2D eigenvalue weighted by Crippen LogP contribution is 2.08. The summed E-state index contributed by atoms with van der Waals surface area (Å²) in [4.78, 5) is 0. The van der Waals surface area contributed by atoms with Crippen molar-refractivity contribution in [3.63, 3.8) is 0 Å². The van der Waals surface area contributed by atoms with Gasteiger partial charge >= 0.3 is 0 Å². The van der Waals surface area contributed by atoms with E-state index in [4.69, 9.17) is 11.1 Å². The van der Waals surface area contributed by atoms with Gasteiger partial charge in [0.05, 0.1) is 0 Å². The molecule has 0 unspecified atom stereocenters. The normalized spacial score (nSPS) is 9.18. The van der Waals surface area contributed by atoms with Gasteiger partial charge in [0.25, 0.3) is 0 Å². The van der Waals surface area contributed by atoms with Crippen LogP contribution in [0.5, 0.6) is 0 Å². The van der Waals surface area contributed by atoms with E-state index in [1.807, 2.05) is 31.3 Å². The van der Waals surface area contributed by atoms with Crippen LogP contribution in [-0.2, 0) is 0 Å². The standard InChI is InChI=1S/C8H11N3/c1-11-7-4-2-3-6(5-7)8(9)10/h2-5,11H,1H3,(H3,9,10). The van der Waals surface area contributed by atoms with Crippen LogP contribution in [0.3, 0.4) is 0 Å². The molecule has 4 N–H and O–H groups in total. The molecule has 0 aromatic heterocycles. The molecule has 1 aromatic rings. The predicted octanol–water partition coefficient (Wildman–Crippen LogP) is 1.01. The summed E-state index contributed by atoms with van der Waals surface area (Å²) in [7, 11) is 1.83. The van der Waals surface area contributed by atoms with Crippen molar-refractivity contribution >= 4 is 11.5 Å². The number of hydrogen-bond donors (Lipinski definition) is 3. The van der Waals surface area contributed by atoms with Crippen molar-refractivity contribution < 1.29 is 0 Å². The second-order valence-electron chi connectivity index (χ2n) is 2.24. The Morgan fingerprint density at radius 1 is 1.55 bits per heavy atom. The van der Waals surface area contributed by atoms with Crippen LogP contribution in [0.2, 0.25) is 0 Å². The Balaban J connectivity index is 3.01. The number of amidine groups is 1. The van der Waals surface area contributed by atoms with Gasteiger partial charge in [-0.2, -0.15) is 0 Å². The zero-order chi connectivity index (χ0) is 8.27. The van der Waals surface area contributed by atoms with Gasteiger partial charge in [0, 0.05) is 18.3 Å². The fourth-order valence-electron chi connectivity index (χ4n) is 0.842. The molecule has 0 aliphatic rings. The molecule has 0 amide bonds. The van der Waals surface area contributed by atoms with Crippen molar-refractivity contribution in [2.45, 2.75) is 0 Å². The minimum atomic E-state index is 0.0992. The van der Waals surface area contributed by atoms with E-state index in [0.717, 1.165) is 11.3 Å². The molecule has 58 valence electrons. The summed E-state index contributed by atoms with van der Waals surface area (Å²) in [5.41, 5.74) is 7.01. The van der Waals surface area contributed by atoms with Gasteiger partial charge in [-0.1, -0.05) is 12.1 Å². The second kappa shape index (κ2) is 3.05. The van der Waals surface area contributed by atoms with Gasteiger partial charge in [0.1, 0.15) is 5.84 Å². The summed E-state index contributed by atoms with van der Waals surface area (Å²) in [5.74, 6) is 0.0992. The maximum absolute atomic E-state index is 7.16. The van der Waals surface area contributed by atoms with Gasteiger partial charge in [0.15, 0.2) is 0 Å². The number of benzene rings is 1. The lowest BCUT2D eigenvalue weighted by molar-refractivity contribution is 1.41. The van der Waals surface area contributed by atoms with E-state index < -0.39 is 0 Å². The van der Waals surface area contributed by atoms with Crippen molar-refractivity contribution in [1.82, 2.24) is 0 Å². The lowest BCUT2D eigenvalue weighted by Gasteiger charge is -2.01. The first-order valence-electron chi connectivity index (χ1n) is 3.36. The van der Waals surface area contributed by atoms with Crippen molar-refractivity contribution in [2.24, 2.45) is 5.73 Å². The van der Waals surface area contributed by atoms with Crippen LogP contribution in [0.4, 0.5) is 5.69 Å². The van der Waals surface area contributed by atoms with E-state index in [1.165, 1.54) is 0 Å². The molecule has 0 fully saturated rings. The molecule has 0 aliphatic carbocycles. The van der Waals surface area contributed by atoms with Crippen LogP contribution in [0.25, 0.3) is 0 Å². The van der Waals surface area contributed by atoms with E-state index in [1.54, 1.807) is 0 Å². The molecule has 1 aromatic carbocycles. The van der Waals surface area contributed by atoms with Crippen molar-refractivity contribution in [1.29, 1.82) is 5.41 Å². The Kier molecular flexibility index (Phi) is 2.11. The van der Waals surface area contributed by atoms with E-state index in [9.17, 15) is 0 Å². The average Bonchev–Trinajstić information content (AvgIpc) is 2.05. The van der Waals surface area contributed by atoms with Crippen LogP contribution < -0.4 is 11.1 Å². The number of rotatable bonds is 2. The van der Waals surface area contributed by atoms with Crippen LogP contribution in [-0.4, -0.2) is 12.9 Å². The molecule has 0 spiro atoms. The maximum Gasteiger partial charge on any atom is 0.122 e. The van der Waals surface area contributed by atoms with Crippen molar-refractivity contribution in [3.8, 4) is 0 Å². The van der Waals surface area contributed by atoms with Crippen LogP contribution in [0.1, 0.15) is 5.56 Å². The van der Waals surface area contributed by atoms with Gasteiger partial charge in [-0.3, -0.25) is 5.41 Å². The molecule has 1 rings (SSSR count). The zero-order valence-corrected chi connectivity index (χ0v) is 6.39. The van der Waals surface area contributed by atoms with Gasteiger partial charge in [-0.05, 0) is 12.1 Å². The molecule has 0 heterocycles. The summed E-state index contributed by atoms with van der Waals surface area (Å²) < 4.78 is 0. The molecule has 0 aliphatic heterocycles. The third-order valence-electron chi connectivity index (χ3n) is 1.46. The van der Waals surface area contributed by atoms with Crippen LogP contribution in [0.15, 0.2) is 24.3 Å². The quantitative estimate of drug-likeness (QED) is 0.434. The number of anilines is 1. The van der Waals surface area contributed by atoms with Gasteiger partial charge < -0.3 is 11.1 Å². The Morgan fingerprint density at radius 2 is 2.27 bits per heavy atom. The monoisotopic (exact) mass is 149 g/mol. The SMILES string of the molecule is CNc1cccc(C(=N)N)c1. The summed E-state index contributed by atoms with van der Waals surface area (Å²) >= 11 is 0. The Morgan fingerprint density at radius 3 is 2.82 bits per heavy atom. The van der Waals surface area contributed by atoms with Crippen LogP contribution in [0, 0.1) is 5.41 Å². The minimum Gasteiger partial charge on any atom is -0.388 e. The molecule has 3 heteroatoms. The third-order valence-corrected chi connectivity index (χ3v) is 1.46. The van der Waals surface area contributed by atoms with Gasteiger partial charge in [-0.15, -0.1) is 0 Å². The molecular formula is C8H11N3. The topological polar surface area (TPSA) is 61.9 Å². The summed E-state index contributed by atoms with van der Waals surface area (Å²) in [6.07, 6.45) is 0. The average molecular weight is 149 g/mol. The highest BCUT2D eigenvalue weighted by atomic mass is 14.8. The largest absolute Gasteiger partial charge is 0.388 e. The molecule has 3 nitrogen and oxygen atoms in total. The Labute approximate surface area is 65.7 Å². The number of nitrogen functional groups attached to an aromatic ring is 1. The lowest BCUT2D eigenvalue weighted by Crippen LogP contribution is -2.10. The van der Waals surface area contributed by atoms with E-state index >= 15 is 0 Å². The van der Waals surface area contributed by atoms with Crippen molar-refractivity contribution in [2.75, 3.05) is 12.4 Å². The maximum atomic E-state index is 7.16. The number of hydrogen-bond acceptors (Lipinski definition) is 2. The second-order valence-corrected chi connectivity index (χ2v) is 2.24. The lowest BCUT2D eigenvalue weighted by atomic mass is 10.2. The molecule has 0 bridgehead atoms. The smallest absolute Gasteiger partial charge is 0.122 e. The molecule has 11 heavy (non-hydrogen) atoms. The molecule has 0 radical (unpaired) electrons. The third kappa shape index (κ3) is 1.70. The molecule has 0 atom stereocenters. The fraction of sp³-hybridized carbons (Fsp3) is 0.125. The Bertz CT molecular complexity index is 268. The molecule has 0 saturated heterocycles. The van der Waals surface area contributed by atoms with E-state index in [-0.39, 0.29) is 5.84 Å². The molecule has 0 saturated carbocycles. The highest BCUT2D eigenvalue weighted by Gasteiger charge is 1.95. The van der Waals surface area contributed by atoms with E-state index in [0.29, 0.717) is 0 Å². The minimum absolute atomic E-state index is 0.0992. The first-order valence-corrected chi connectivity index (χ1v) is 3.36. The molecular weight excluding hydrogens is 138 g/mol. The van der Waals surface area contributed by atoms with Crippen molar-refractivity contribution in [3.05, 3.63) is 29.8 Å². The Hall–Kier alpha value is -1.51. The first-order chi connectivity index (χ1) is 5.24. The predicted molar refractivity (Wildman–Crippen MR) is 47.0 cm³/mol. The highest BCUT2D eigenvalue weighted by molar-refractivity contribution is 5.95. The fourth-order valence-corrected chi connectivity index (χ4v) is 0.842. The summed E-state index contributed by atoms with van der Waals surface area (Å²) in [6.45, 7) is 0. The van der Waals surface area contributed by atoms with Crippen LogP contribution >= 0.6 is 0 Å². The zero-order valence-electron chi connectivity index (χ0n) is 6.39. The first kappa shape index (κ1) is 7.60. The summed E-state index contributed by atoms with van der Waals surface area (Å²) in [6, 6.07) is 7.43. The summed E-state index contributed by atoms with van der Waals surface area (Å²) in [5, 5.41) is 10.1.